The van der Waals surface area contributed by atoms with Crippen molar-refractivity contribution in [2.75, 3.05) is 28.4 Å². The summed E-state index contributed by atoms with van der Waals surface area (Å²) in [5.41, 5.74) is -6.37. The molecule has 6 aromatic carbocycles. The average molecular weight is 1140 g/mol. The van der Waals surface area contributed by atoms with Crippen molar-refractivity contribution < 1.29 is 88.4 Å². The Morgan fingerprint density at radius 2 is 0.737 bits per heavy atom. The summed E-state index contributed by atoms with van der Waals surface area (Å²) in [6.45, 7) is 15.8. The third-order valence-corrected chi connectivity index (χ3v) is 14.7. The molecule has 0 fully saturated rings. The summed E-state index contributed by atoms with van der Waals surface area (Å²) in [5, 5.41) is 0. The fourth-order valence-electron chi connectivity index (χ4n) is 10.7. The quantitative estimate of drug-likeness (QED) is 0.107. The maximum atomic E-state index is 14.9. The van der Waals surface area contributed by atoms with Gasteiger partial charge in [0.25, 0.3) is 0 Å². The van der Waals surface area contributed by atoms with Crippen molar-refractivity contribution in [3.63, 3.8) is 0 Å². The second-order valence-corrected chi connectivity index (χ2v) is 21.9. The third kappa shape index (κ3) is 11.1. The fraction of sp³-hybridized carbons (Fsp3) is 0.390. The Labute approximate surface area is 446 Å². The molecule has 76 heavy (non-hydrogen) atoms. The highest BCUT2D eigenvalue weighted by Crippen LogP contribution is 2.57. The van der Waals surface area contributed by atoms with Gasteiger partial charge in [-0.3, -0.25) is 0 Å². The maximum absolute atomic E-state index is 14.9. The van der Waals surface area contributed by atoms with Gasteiger partial charge in [0.15, 0.2) is 5.60 Å². The first-order valence-corrected chi connectivity index (χ1v) is 24.0. The number of hydrogen-bond donors (Lipinski definition) is 0. The first-order valence-electron chi connectivity index (χ1n) is 24.0. The standard InChI is InChI=1S/C59H60F12NO3.BrH/c1-32-14-18-37(19-15-32)55(75-13,38-20-16-33(2)17-21-38)34(3)72(10)30-45-43(28-47(53(4,5)6)51(73-11)49(45)35-22-39(56(60,61)62)26-40(23-35)57(63,64)65)44-29-48(54(7,8)9)52(74-12)50(46(44)31-72)36-24-41(58(66,67)68)27-42(25-36)59(69,70)71;/h14-29,34H,30-31H2,1-13H3;1H/q+1;/p-1. The smallest absolute Gasteiger partial charge is 0.416 e. The molecule has 1 aliphatic heterocycles. The molecule has 0 saturated heterocycles. The van der Waals surface area contributed by atoms with Crippen molar-refractivity contribution in [2.24, 2.45) is 0 Å². The summed E-state index contributed by atoms with van der Waals surface area (Å²) in [6, 6.07) is 20.2. The van der Waals surface area contributed by atoms with Gasteiger partial charge in [-0.05, 0) is 114 Å². The van der Waals surface area contributed by atoms with E-state index in [4.69, 9.17) is 14.2 Å². The molecule has 1 heterocycles. The van der Waals surface area contributed by atoms with Gasteiger partial charge < -0.3 is 35.7 Å². The van der Waals surface area contributed by atoms with Crippen LogP contribution in [0.2, 0.25) is 0 Å². The zero-order valence-electron chi connectivity index (χ0n) is 44.3. The minimum absolute atomic E-state index is 0. The number of quaternary nitrogens is 1. The number of ether oxygens (including phenoxy) is 3. The zero-order valence-corrected chi connectivity index (χ0v) is 45.9. The van der Waals surface area contributed by atoms with Crippen LogP contribution in [0, 0.1) is 13.8 Å². The highest BCUT2D eigenvalue weighted by Gasteiger charge is 2.53. The molecule has 410 valence electrons. The summed E-state index contributed by atoms with van der Waals surface area (Å²) in [7, 11) is 5.80. The summed E-state index contributed by atoms with van der Waals surface area (Å²) >= 11 is 0. The highest BCUT2D eigenvalue weighted by atomic mass is 79.9. The van der Waals surface area contributed by atoms with Gasteiger partial charge in [0.05, 0.1) is 43.5 Å². The highest BCUT2D eigenvalue weighted by molar-refractivity contribution is 5.91. The molecule has 7 rings (SSSR count). The number of halogens is 13. The summed E-state index contributed by atoms with van der Waals surface area (Å²) < 4.78 is 198. The van der Waals surface area contributed by atoms with Gasteiger partial charge in [-0.2, -0.15) is 52.7 Å². The van der Waals surface area contributed by atoms with Crippen LogP contribution in [-0.2, 0) is 59.0 Å². The van der Waals surface area contributed by atoms with Crippen molar-refractivity contribution in [1.82, 2.24) is 0 Å². The summed E-state index contributed by atoms with van der Waals surface area (Å²) in [4.78, 5) is 0. The number of likely N-dealkylation sites (N-methyl/N-ethyl adjacent to an activating group) is 1. The molecule has 0 amide bonds. The maximum Gasteiger partial charge on any atom is 0.416 e. The third-order valence-electron chi connectivity index (χ3n) is 14.7. The van der Waals surface area contributed by atoms with E-state index in [0.29, 0.717) is 46.5 Å². The van der Waals surface area contributed by atoms with Crippen LogP contribution in [-0.4, -0.2) is 38.9 Å². The van der Waals surface area contributed by atoms with Crippen LogP contribution in [0.5, 0.6) is 11.5 Å². The minimum Gasteiger partial charge on any atom is -1.00 e. The number of rotatable bonds is 9. The van der Waals surface area contributed by atoms with Crippen LogP contribution in [0.25, 0.3) is 33.4 Å². The minimum atomic E-state index is -5.26. The van der Waals surface area contributed by atoms with Crippen LogP contribution in [0.1, 0.15) is 115 Å². The van der Waals surface area contributed by atoms with Gasteiger partial charge in [-0.15, -0.1) is 0 Å². The lowest BCUT2D eigenvalue weighted by Crippen LogP contribution is -3.00. The van der Waals surface area contributed by atoms with E-state index in [9.17, 15) is 52.7 Å². The molecule has 17 heteroatoms. The fourth-order valence-corrected chi connectivity index (χ4v) is 10.7. The van der Waals surface area contributed by atoms with E-state index in [1.54, 1.807) is 60.7 Å². The first kappa shape index (κ1) is 59.7. The number of aryl methyl sites for hydroxylation is 2. The molecule has 0 bridgehead atoms. The zero-order chi connectivity index (χ0) is 56.0. The SMILES string of the molecule is COc1c(C(C)(C)C)cc2c(c1-c1cc(C(F)(F)F)cc(C(F)(F)F)c1)C[N+](C)(C(C)C(OC)(c1ccc(C)cc1)c1ccc(C)cc1)Cc1c-2cc(C(C)(C)C)c(OC)c1-c1cc(C(F)(F)F)cc(C(F)(F)F)c1.[Br-]. The molecule has 6 aromatic rings. The van der Waals surface area contributed by atoms with E-state index >= 15 is 0 Å². The lowest BCUT2D eigenvalue weighted by Gasteiger charge is -2.49. The first-order chi connectivity index (χ1) is 34.4. The van der Waals surface area contributed by atoms with E-state index < -0.39 is 80.6 Å². The van der Waals surface area contributed by atoms with Crippen molar-refractivity contribution in [1.29, 1.82) is 0 Å². The van der Waals surface area contributed by atoms with Gasteiger partial charge in [-0.25, -0.2) is 0 Å². The van der Waals surface area contributed by atoms with E-state index in [-0.39, 0.29) is 91.6 Å². The number of benzene rings is 6. The van der Waals surface area contributed by atoms with Gasteiger partial charge in [0.1, 0.15) is 30.6 Å². The molecular weight excluding hydrogens is 1080 g/mol. The van der Waals surface area contributed by atoms with Gasteiger partial charge >= 0.3 is 24.7 Å². The van der Waals surface area contributed by atoms with Crippen LogP contribution < -0.4 is 26.5 Å². The molecule has 1 atom stereocenters. The van der Waals surface area contributed by atoms with Gasteiger partial charge in [0, 0.05) is 40.5 Å². The van der Waals surface area contributed by atoms with Crippen LogP contribution in [0.15, 0.2) is 97.1 Å². The normalized spacial score (nSPS) is 14.8. The molecule has 0 aliphatic carbocycles. The second-order valence-electron chi connectivity index (χ2n) is 21.9. The summed E-state index contributed by atoms with van der Waals surface area (Å²) in [5.74, 6) is -0.0761. The van der Waals surface area contributed by atoms with Crippen LogP contribution >= 0.6 is 0 Å². The topological polar surface area (TPSA) is 27.7 Å². The van der Waals surface area contributed by atoms with E-state index in [1.807, 2.05) is 69.3 Å². The van der Waals surface area contributed by atoms with E-state index in [2.05, 4.69) is 0 Å². The Morgan fingerprint density at radius 1 is 0.447 bits per heavy atom. The molecular formula is C59H60BrF12NO3. The molecule has 0 N–H and O–H groups in total. The van der Waals surface area contributed by atoms with Crippen molar-refractivity contribution in [3.05, 3.63) is 164 Å². The lowest BCUT2D eigenvalue weighted by atomic mass is 9.76. The number of fused-ring (bicyclic) bond motifs is 3. The Kier molecular flexibility index (Phi) is 16.0. The molecule has 1 aliphatic rings. The van der Waals surface area contributed by atoms with Crippen molar-refractivity contribution in [2.45, 2.75) is 123 Å². The van der Waals surface area contributed by atoms with Crippen molar-refractivity contribution in [3.8, 4) is 44.9 Å². The van der Waals surface area contributed by atoms with E-state index in [0.717, 1.165) is 11.1 Å². The van der Waals surface area contributed by atoms with E-state index in [1.165, 1.54) is 21.3 Å². The van der Waals surface area contributed by atoms with Gasteiger partial charge in [-0.1, -0.05) is 101 Å². The predicted molar refractivity (Wildman–Crippen MR) is 266 cm³/mol. The Balaban J connectivity index is 0.00000937. The average Bonchev–Trinajstić information content (AvgIpc) is 3.43. The molecule has 0 spiro atoms. The molecule has 4 nitrogen and oxygen atoms in total. The molecule has 0 aromatic heterocycles. The largest absolute Gasteiger partial charge is 1.00 e. The second kappa shape index (κ2) is 20.4. The van der Waals surface area contributed by atoms with Crippen LogP contribution in [0.3, 0.4) is 0 Å². The Bertz CT molecular complexity index is 2860. The number of hydrogen-bond acceptors (Lipinski definition) is 3. The van der Waals surface area contributed by atoms with Crippen molar-refractivity contribution >= 4 is 0 Å². The Hall–Kier alpha value is -5.52. The monoisotopic (exact) mass is 1140 g/mol. The Morgan fingerprint density at radius 3 is 0.974 bits per heavy atom. The molecule has 0 radical (unpaired) electrons. The number of alkyl halides is 12. The summed E-state index contributed by atoms with van der Waals surface area (Å²) in [6.07, 6.45) is -21.1. The molecule has 1 unspecified atom stereocenters. The number of methoxy groups -OCH3 is 3. The number of nitrogens with zero attached hydrogens (tertiary/aromatic N) is 1. The predicted octanol–water partition coefficient (Wildman–Crippen LogP) is 14.4. The van der Waals surface area contributed by atoms with Crippen LogP contribution in [0.4, 0.5) is 52.7 Å². The van der Waals surface area contributed by atoms with Gasteiger partial charge in [0.2, 0.25) is 0 Å². The lowest BCUT2D eigenvalue weighted by molar-refractivity contribution is -0.963. The molecule has 0 saturated carbocycles.